The Morgan fingerprint density at radius 2 is 1.91 bits per heavy atom. The van der Waals surface area contributed by atoms with Gasteiger partial charge in [-0.05, 0) is 25.0 Å². The summed E-state index contributed by atoms with van der Waals surface area (Å²) >= 11 is 0. The van der Waals surface area contributed by atoms with Crippen LogP contribution in [0.25, 0.3) is 11.0 Å². The number of likely N-dealkylation sites (tertiary alicyclic amines) is 1. The minimum atomic E-state index is -0.637. The van der Waals surface area contributed by atoms with Crippen molar-refractivity contribution in [3.63, 3.8) is 0 Å². The molecule has 1 aliphatic rings. The molecule has 0 bridgehead atoms. The van der Waals surface area contributed by atoms with Gasteiger partial charge in [-0.25, -0.2) is 4.79 Å². The lowest BCUT2D eigenvalue weighted by atomic mass is 10.0. The Balaban J connectivity index is 1.73. The van der Waals surface area contributed by atoms with Gasteiger partial charge in [0.1, 0.15) is 11.1 Å². The number of para-hydroxylation sites is 1. The largest absolute Gasteiger partial charge is 0.422 e. The zero-order valence-electron chi connectivity index (χ0n) is 12.9. The standard InChI is InChI=1S/C17H18N2O4/c1-11(20)19-8-6-13(7-9-19)18-16(21)14-10-12-4-2-3-5-15(12)23-17(14)22/h2-5,10,13H,6-9H2,1H3,(H,18,21). The predicted molar refractivity (Wildman–Crippen MR) is 85.2 cm³/mol. The number of amides is 2. The highest BCUT2D eigenvalue weighted by molar-refractivity contribution is 5.96. The number of nitrogens with zero attached hydrogens (tertiary/aromatic N) is 1. The van der Waals surface area contributed by atoms with Crippen LogP contribution in [0.5, 0.6) is 0 Å². The number of piperidine rings is 1. The van der Waals surface area contributed by atoms with Crippen molar-refractivity contribution in [3.05, 3.63) is 46.3 Å². The zero-order valence-corrected chi connectivity index (χ0v) is 12.9. The van der Waals surface area contributed by atoms with Gasteiger partial charge >= 0.3 is 5.63 Å². The maximum atomic E-state index is 12.3. The fourth-order valence-corrected chi connectivity index (χ4v) is 2.82. The van der Waals surface area contributed by atoms with E-state index in [4.69, 9.17) is 4.42 Å². The van der Waals surface area contributed by atoms with Gasteiger partial charge in [0.15, 0.2) is 0 Å². The molecule has 0 atom stereocenters. The summed E-state index contributed by atoms with van der Waals surface area (Å²) in [6, 6.07) is 8.59. The van der Waals surface area contributed by atoms with E-state index in [1.807, 2.05) is 6.07 Å². The third kappa shape index (κ3) is 3.26. The summed E-state index contributed by atoms with van der Waals surface area (Å²) in [5, 5.41) is 3.57. The van der Waals surface area contributed by atoms with Crippen LogP contribution in [0.15, 0.2) is 39.5 Å². The molecule has 1 fully saturated rings. The summed E-state index contributed by atoms with van der Waals surface area (Å²) < 4.78 is 5.18. The van der Waals surface area contributed by atoms with Crippen molar-refractivity contribution in [1.29, 1.82) is 0 Å². The number of benzene rings is 1. The molecule has 23 heavy (non-hydrogen) atoms. The van der Waals surface area contributed by atoms with Crippen molar-refractivity contribution in [2.45, 2.75) is 25.8 Å². The van der Waals surface area contributed by atoms with Gasteiger partial charge in [0.2, 0.25) is 5.91 Å². The van der Waals surface area contributed by atoms with Crippen molar-refractivity contribution in [2.24, 2.45) is 0 Å². The Labute approximate surface area is 133 Å². The molecule has 2 amide bonds. The number of nitrogens with one attached hydrogen (secondary N) is 1. The third-order valence-electron chi connectivity index (χ3n) is 4.16. The first-order valence-electron chi connectivity index (χ1n) is 7.64. The lowest BCUT2D eigenvalue weighted by Crippen LogP contribution is -2.46. The van der Waals surface area contributed by atoms with E-state index in [0.717, 1.165) is 0 Å². The first-order chi connectivity index (χ1) is 11.0. The summed E-state index contributed by atoms with van der Waals surface area (Å²) in [7, 11) is 0. The van der Waals surface area contributed by atoms with Crippen LogP contribution in [-0.2, 0) is 4.79 Å². The molecule has 6 heteroatoms. The van der Waals surface area contributed by atoms with Crippen molar-refractivity contribution < 1.29 is 14.0 Å². The van der Waals surface area contributed by atoms with Crippen LogP contribution in [0, 0.1) is 0 Å². The van der Waals surface area contributed by atoms with Crippen molar-refractivity contribution in [2.75, 3.05) is 13.1 Å². The highest BCUT2D eigenvalue weighted by Gasteiger charge is 2.23. The van der Waals surface area contributed by atoms with Gasteiger partial charge in [-0.1, -0.05) is 18.2 Å². The lowest BCUT2D eigenvalue weighted by molar-refractivity contribution is -0.129. The molecular weight excluding hydrogens is 296 g/mol. The topological polar surface area (TPSA) is 79.6 Å². The minimum absolute atomic E-state index is 0.0118. The molecule has 0 aliphatic carbocycles. The number of carbonyl (C=O) groups excluding carboxylic acids is 2. The molecule has 2 aromatic rings. The highest BCUT2D eigenvalue weighted by atomic mass is 16.4. The van der Waals surface area contributed by atoms with Crippen LogP contribution in [0.1, 0.15) is 30.1 Å². The molecule has 1 aromatic heterocycles. The van der Waals surface area contributed by atoms with Gasteiger partial charge < -0.3 is 14.6 Å². The zero-order chi connectivity index (χ0) is 16.4. The minimum Gasteiger partial charge on any atom is -0.422 e. The van der Waals surface area contributed by atoms with Gasteiger partial charge in [0, 0.05) is 31.4 Å². The Hall–Kier alpha value is -2.63. The summed E-state index contributed by atoms with van der Waals surface area (Å²) in [6.07, 6.45) is 1.37. The average molecular weight is 314 g/mol. The molecule has 1 aliphatic heterocycles. The lowest BCUT2D eigenvalue weighted by Gasteiger charge is -2.31. The van der Waals surface area contributed by atoms with Crippen LogP contribution in [-0.4, -0.2) is 35.8 Å². The Morgan fingerprint density at radius 3 is 2.61 bits per heavy atom. The quantitative estimate of drug-likeness (QED) is 0.853. The number of rotatable bonds is 2. The van der Waals surface area contributed by atoms with Crippen molar-refractivity contribution >= 4 is 22.8 Å². The Morgan fingerprint density at radius 1 is 1.22 bits per heavy atom. The van der Waals surface area contributed by atoms with E-state index in [-0.39, 0.29) is 17.5 Å². The fourth-order valence-electron chi connectivity index (χ4n) is 2.82. The summed E-state index contributed by atoms with van der Waals surface area (Å²) in [5.74, 6) is -0.379. The molecule has 1 N–H and O–H groups in total. The van der Waals surface area contributed by atoms with Crippen LogP contribution >= 0.6 is 0 Å². The van der Waals surface area contributed by atoms with Gasteiger partial charge in [0.05, 0.1) is 0 Å². The normalized spacial score (nSPS) is 15.6. The van der Waals surface area contributed by atoms with Gasteiger partial charge in [-0.3, -0.25) is 9.59 Å². The number of fused-ring (bicyclic) bond motifs is 1. The first kappa shape index (κ1) is 15.3. The SMILES string of the molecule is CC(=O)N1CCC(NC(=O)c2cc3ccccc3oc2=O)CC1. The van der Waals surface area contributed by atoms with Crippen LogP contribution in [0.2, 0.25) is 0 Å². The molecule has 3 rings (SSSR count). The molecule has 0 radical (unpaired) electrons. The van der Waals surface area contributed by atoms with Crippen LogP contribution in [0.3, 0.4) is 0 Å². The van der Waals surface area contributed by atoms with E-state index in [1.165, 1.54) is 0 Å². The third-order valence-corrected chi connectivity index (χ3v) is 4.16. The molecule has 0 saturated carbocycles. The van der Waals surface area contributed by atoms with Crippen LogP contribution in [0.4, 0.5) is 0 Å². The van der Waals surface area contributed by atoms with E-state index in [2.05, 4.69) is 5.32 Å². The summed E-state index contributed by atoms with van der Waals surface area (Å²) in [6.45, 7) is 2.78. The molecule has 1 saturated heterocycles. The van der Waals surface area contributed by atoms with Crippen molar-refractivity contribution in [1.82, 2.24) is 10.2 Å². The smallest absolute Gasteiger partial charge is 0.349 e. The number of carbonyl (C=O) groups is 2. The van der Waals surface area contributed by atoms with Crippen LogP contribution < -0.4 is 10.9 Å². The Bertz CT molecular complexity index is 804. The maximum Gasteiger partial charge on any atom is 0.349 e. The second-order valence-corrected chi connectivity index (χ2v) is 5.74. The maximum absolute atomic E-state index is 12.3. The van der Waals surface area contributed by atoms with E-state index >= 15 is 0 Å². The van der Waals surface area contributed by atoms with Gasteiger partial charge in [0.25, 0.3) is 5.91 Å². The summed E-state index contributed by atoms with van der Waals surface area (Å²) in [5.41, 5.74) is -0.163. The second-order valence-electron chi connectivity index (χ2n) is 5.74. The highest BCUT2D eigenvalue weighted by Crippen LogP contribution is 2.14. The van der Waals surface area contributed by atoms with Gasteiger partial charge in [-0.2, -0.15) is 0 Å². The molecule has 2 heterocycles. The molecular formula is C17H18N2O4. The summed E-state index contributed by atoms with van der Waals surface area (Å²) in [4.78, 5) is 37.4. The number of hydrogen-bond acceptors (Lipinski definition) is 4. The Kier molecular flexibility index (Phi) is 4.14. The molecule has 6 nitrogen and oxygen atoms in total. The predicted octanol–water partition coefficient (Wildman–Crippen LogP) is 1.53. The van der Waals surface area contributed by atoms with E-state index in [0.29, 0.717) is 36.9 Å². The molecule has 1 aromatic carbocycles. The van der Waals surface area contributed by atoms with E-state index in [9.17, 15) is 14.4 Å². The second kappa shape index (κ2) is 6.24. The van der Waals surface area contributed by atoms with Gasteiger partial charge in [-0.15, -0.1) is 0 Å². The number of hydrogen-bond donors (Lipinski definition) is 1. The first-order valence-corrected chi connectivity index (χ1v) is 7.64. The van der Waals surface area contributed by atoms with E-state index in [1.54, 1.807) is 36.1 Å². The van der Waals surface area contributed by atoms with Crippen molar-refractivity contribution in [3.8, 4) is 0 Å². The fraction of sp³-hybridized carbons (Fsp3) is 0.353. The average Bonchev–Trinajstić information content (AvgIpc) is 2.54. The molecule has 0 unspecified atom stereocenters. The molecule has 120 valence electrons. The monoisotopic (exact) mass is 314 g/mol. The molecule has 0 spiro atoms. The van der Waals surface area contributed by atoms with E-state index < -0.39 is 11.5 Å².